The fraction of sp³-hybridized carbons (Fsp3) is 0.588. The summed E-state index contributed by atoms with van der Waals surface area (Å²) in [5.41, 5.74) is 4.96. The molecule has 1 aromatic rings. The predicted molar refractivity (Wildman–Crippen MR) is 91.6 cm³/mol. The number of nitrogens with one attached hydrogen (secondary N) is 1. The Balaban J connectivity index is 1.58. The predicted octanol–water partition coefficient (Wildman–Crippen LogP) is 3.47. The molecule has 21 heavy (non-hydrogen) atoms. The van der Waals surface area contributed by atoms with E-state index < -0.39 is 0 Å². The lowest BCUT2D eigenvalue weighted by Crippen LogP contribution is -2.53. The van der Waals surface area contributed by atoms with Crippen LogP contribution in [0.1, 0.15) is 38.7 Å². The second-order valence-electron chi connectivity index (χ2n) is 6.24. The topological polar surface area (TPSA) is 27.6 Å². The number of hydrazine groups is 1. The van der Waals surface area contributed by atoms with Gasteiger partial charge in [-0.05, 0) is 38.7 Å². The van der Waals surface area contributed by atoms with Crippen LogP contribution in [0.3, 0.4) is 0 Å². The smallest absolute Gasteiger partial charge is 0.171 e. The van der Waals surface area contributed by atoms with Crippen molar-refractivity contribution in [1.29, 1.82) is 0 Å². The number of nitrogens with zero attached hydrogens (tertiary/aromatic N) is 2. The first-order chi connectivity index (χ1) is 10.2. The molecule has 0 spiro atoms. The second kappa shape index (κ2) is 6.84. The van der Waals surface area contributed by atoms with Crippen molar-refractivity contribution in [3.05, 3.63) is 35.9 Å². The number of hydrogen-bond donors (Lipinski definition) is 1. The third-order valence-corrected chi connectivity index (χ3v) is 5.47. The second-order valence-corrected chi connectivity index (χ2v) is 7.25. The van der Waals surface area contributed by atoms with Crippen LogP contribution in [0.4, 0.5) is 0 Å². The summed E-state index contributed by atoms with van der Waals surface area (Å²) in [6.07, 6.45) is 4.95. The maximum Gasteiger partial charge on any atom is 0.171 e. The van der Waals surface area contributed by atoms with E-state index in [1.165, 1.54) is 24.8 Å². The summed E-state index contributed by atoms with van der Waals surface area (Å²) in [7, 11) is 0. The molecule has 1 N–H and O–H groups in total. The van der Waals surface area contributed by atoms with Crippen LogP contribution in [-0.4, -0.2) is 34.1 Å². The number of hydrogen-bond acceptors (Lipinski definition) is 4. The van der Waals surface area contributed by atoms with E-state index in [4.69, 9.17) is 4.99 Å². The van der Waals surface area contributed by atoms with Gasteiger partial charge in [-0.2, -0.15) is 0 Å². The highest BCUT2D eigenvalue weighted by Gasteiger charge is 2.27. The minimum absolute atomic E-state index is 0.412. The zero-order valence-corrected chi connectivity index (χ0v) is 13.8. The largest absolute Gasteiger partial charge is 0.297 e. The standard InChI is InChI=1S/C17H25N3S/c1-13-7-6-8-14(2)20(13)19-17-18-16(12-21-17)11-15-9-4-3-5-10-15/h3-5,9-10,13-14,16H,6-8,11-12H2,1-2H3,(H,18,19). The molecule has 0 aromatic heterocycles. The third-order valence-electron chi connectivity index (χ3n) is 4.44. The average molecular weight is 303 g/mol. The molecule has 0 saturated carbocycles. The lowest BCUT2D eigenvalue weighted by Gasteiger charge is -2.39. The molecule has 4 heteroatoms. The van der Waals surface area contributed by atoms with Gasteiger partial charge in [0.05, 0.1) is 6.04 Å². The number of thioether (sulfide) groups is 1. The van der Waals surface area contributed by atoms with Crippen molar-refractivity contribution in [2.45, 2.75) is 57.7 Å². The molecule has 3 atom stereocenters. The van der Waals surface area contributed by atoms with Crippen LogP contribution in [0.15, 0.2) is 35.3 Å². The molecular formula is C17H25N3S. The first-order valence-electron chi connectivity index (χ1n) is 8.02. The molecular weight excluding hydrogens is 278 g/mol. The molecule has 0 bridgehead atoms. The normalized spacial score (nSPS) is 30.2. The van der Waals surface area contributed by atoms with Gasteiger partial charge in [-0.15, -0.1) is 0 Å². The van der Waals surface area contributed by atoms with Gasteiger partial charge >= 0.3 is 0 Å². The molecule has 3 nitrogen and oxygen atoms in total. The zero-order valence-electron chi connectivity index (χ0n) is 13.0. The molecule has 1 fully saturated rings. The van der Waals surface area contributed by atoms with Crippen LogP contribution < -0.4 is 5.43 Å². The minimum Gasteiger partial charge on any atom is -0.297 e. The van der Waals surface area contributed by atoms with Crippen molar-refractivity contribution >= 4 is 16.9 Å². The van der Waals surface area contributed by atoms with Gasteiger partial charge in [0.2, 0.25) is 0 Å². The van der Waals surface area contributed by atoms with Gasteiger partial charge in [-0.25, -0.2) is 5.01 Å². The maximum atomic E-state index is 4.87. The molecule has 1 aromatic carbocycles. The van der Waals surface area contributed by atoms with Gasteiger partial charge in [0, 0.05) is 17.8 Å². The van der Waals surface area contributed by atoms with E-state index in [2.05, 4.69) is 54.6 Å². The van der Waals surface area contributed by atoms with Crippen molar-refractivity contribution in [1.82, 2.24) is 10.4 Å². The summed E-state index contributed by atoms with van der Waals surface area (Å²) in [5.74, 6) is 1.09. The molecule has 3 unspecified atom stereocenters. The van der Waals surface area contributed by atoms with E-state index in [1.54, 1.807) is 0 Å². The lowest BCUT2D eigenvalue weighted by molar-refractivity contribution is 0.0752. The molecule has 0 amide bonds. The molecule has 2 aliphatic heterocycles. The van der Waals surface area contributed by atoms with Gasteiger partial charge in [0.15, 0.2) is 5.17 Å². The van der Waals surface area contributed by atoms with Crippen LogP contribution in [0.5, 0.6) is 0 Å². The van der Waals surface area contributed by atoms with E-state index >= 15 is 0 Å². The van der Waals surface area contributed by atoms with Crippen LogP contribution >= 0.6 is 11.8 Å². The van der Waals surface area contributed by atoms with Gasteiger partial charge in [-0.1, -0.05) is 48.5 Å². The Morgan fingerprint density at radius 2 is 1.90 bits per heavy atom. The van der Waals surface area contributed by atoms with Crippen LogP contribution in [0, 0.1) is 0 Å². The van der Waals surface area contributed by atoms with Crippen LogP contribution in [-0.2, 0) is 6.42 Å². The number of piperidine rings is 1. The van der Waals surface area contributed by atoms with Crippen molar-refractivity contribution in [3.8, 4) is 0 Å². The monoisotopic (exact) mass is 303 g/mol. The first-order valence-corrected chi connectivity index (χ1v) is 9.00. The summed E-state index contributed by atoms with van der Waals surface area (Å²) < 4.78 is 0. The van der Waals surface area contributed by atoms with E-state index in [0.717, 1.165) is 17.3 Å². The van der Waals surface area contributed by atoms with Gasteiger partial charge in [0.1, 0.15) is 0 Å². The van der Waals surface area contributed by atoms with E-state index in [9.17, 15) is 0 Å². The van der Waals surface area contributed by atoms with Gasteiger partial charge in [0.25, 0.3) is 0 Å². The Morgan fingerprint density at radius 3 is 2.62 bits per heavy atom. The van der Waals surface area contributed by atoms with Crippen molar-refractivity contribution in [3.63, 3.8) is 0 Å². The Morgan fingerprint density at radius 1 is 1.19 bits per heavy atom. The van der Waals surface area contributed by atoms with Crippen molar-refractivity contribution in [2.75, 3.05) is 5.75 Å². The maximum absolute atomic E-state index is 4.87. The van der Waals surface area contributed by atoms with E-state index in [1.807, 2.05) is 11.8 Å². The Labute approximate surface area is 132 Å². The van der Waals surface area contributed by atoms with E-state index in [0.29, 0.717) is 18.1 Å². The highest BCUT2D eigenvalue weighted by Crippen LogP contribution is 2.24. The van der Waals surface area contributed by atoms with Gasteiger partial charge in [-0.3, -0.25) is 10.4 Å². The Bertz CT molecular complexity index is 478. The van der Waals surface area contributed by atoms with E-state index in [-0.39, 0.29) is 0 Å². The fourth-order valence-corrected chi connectivity index (χ4v) is 4.16. The lowest BCUT2D eigenvalue weighted by atomic mass is 10.00. The highest BCUT2D eigenvalue weighted by atomic mass is 32.2. The molecule has 2 heterocycles. The minimum atomic E-state index is 0.412. The molecule has 0 aliphatic carbocycles. The zero-order chi connectivity index (χ0) is 14.7. The van der Waals surface area contributed by atoms with Crippen LogP contribution in [0.25, 0.3) is 0 Å². The van der Waals surface area contributed by atoms with Gasteiger partial charge < -0.3 is 0 Å². The number of aliphatic imine (C=N–C) groups is 1. The summed E-state index contributed by atoms with van der Waals surface area (Å²) in [6.45, 7) is 4.62. The Hall–Kier alpha value is -1.00. The highest BCUT2D eigenvalue weighted by molar-refractivity contribution is 8.14. The first kappa shape index (κ1) is 14.9. The number of rotatable bonds is 3. The summed E-state index contributed by atoms with van der Waals surface area (Å²) in [4.78, 5) is 4.87. The summed E-state index contributed by atoms with van der Waals surface area (Å²) in [6, 6.07) is 12.3. The quantitative estimate of drug-likeness (QED) is 0.926. The molecule has 0 radical (unpaired) electrons. The molecule has 1 saturated heterocycles. The van der Waals surface area contributed by atoms with Crippen molar-refractivity contribution < 1.29 is 0 Å². The number of amidine groups is 1. The third kappa shape index (κ3) is 3.80. The molecule has 3 rings (SSSR count). The number of benzene rings is 1. The average Bonchev–Trinajstić information content (AvgIpc) is 2.91. The fourth-order valence-electron chi connectivity index (χ4n) is 3.22. The Kier molecular flexibility index (Phi) is 4.86. The summed E-state index contributed by atoms with van der Waals surface area (Å²) in [5, 5.41) is 3.51. The molecule has 2 aliphatic rings. The summed E-state index contributed by atoms with van der Waals surface area (Å²) >= 11 is 1.86. The van der Waals surface area contributed by atoms with Crippen molar-refractivity contribution in [2.24, 2.45) is 4.99 Å². The van der Waals surface area contributed by atoms with Crippen LogP contribution in [0.2, 0.25) is 0 Å². The molecule has 114 valence electrons. The SMILES string of the molecule is CC1CCCC(C)N1NC1=NC(Cc2ccccc2)CS1.